The van der Waals surface area contributed by atoms with Crippen molar-refractivity contribution in [2.45, 2.75) is 101 Å². The molecule has 10 atom stereocenters. The van der Waals surface area contributed by atoms with E-state index in [4.69, 9.17) is 61.6 Å². The third-order valence-electron chi connectivity index (χ3n) is 13.7. The van der Waals surface area contributed by atoms with E-state index in [-0.39, 0.29) is 66.3 Å². The zero-order valence-electron chi connectivity index (χ0n) is 44.7. The van der Waals surface area contributed by atoms with E-state index in [0.29, 0.717) is 5.56 Å². The smallest absolute Gasteiger partial charge is 0.338 e. The summed E-state index contributed by atoms with van der Waals surface area (Å²) in [6.45, 7) is 0.420. The highest BCUT2D eigenvalue weighted by Gasteiger charge is 2.61. The van der Waals surface area contributed by atoms with E-state index in [1.54, 1.807) is 31.4 Å². The molecule has 14 nitrogen and oxygen atoms in total. The van der Waals surface area contributed by atoms with Gasteiger partial charge in [-0.25, -0.2) is 4.79 Å². The lowest BCUT2D eigenvalue weighted by Gasteiger charge is -2.52. The van der Waals surface area contributed by atoms with E-state index in [2.05, 4.69) is 0 Å². The first-order chi connectivity index (χ1) is 39.0. The second-order valence-electron chi connectivity index (χ2n) is 19.3. The Morgan fingerprint density at radius 3 is 1.27 bits per heavy atom. The summed E-state index contributed by atoms with van der Waals surface area (Å²) >= 11 is 0. The lowest BCUT2D eigenvalue weighted by Crippen LogP contribution is -2.70. The van der Waals surface area contributed by atoms with Crippen LogP contribution in [0.4, 0.5) is 0 Å². The van der Waals surface area contributed by atoms with Gasteiger partial charge in [0, 0.05) is 14.2 Å². The van der Waals surface area contributed by atoms with Gasteiger partial charge in [-0.1, -0.05) is 200 Å². The highest BCUT2D eigenvalue weighted by atomic mass is 16.8. The van der Waals surface area contributed by atoms with E-state index >= 15 is 0 Å². The third kappa shape index (κ3) is 16.3. The number of hydrogen-bond acceptors (Lipinski definition) is 14. The Kier molecular flexibility index (Phi) is 21.9. The van der Waals surface area contributed by atoms with Gasteiger partial charge in [-0.3, -0.25) is 0 Å². The van der Waals surface area contributed by atoms with Crippen LogP contribution in [0.3, 0.4) is 0 Å². The minimum atomic E-state index is -1.98. The van der Waals surface area contributed by atoms with Crippen molar-refractivity contribution in [3.05, 3.63) is 251 Å². The summed E-state index contributed by atoms with van der Waals surface area (Å²) < 4.78 is 87.6. The van der Waals surface area contributed by atoms with Gasteiger partial charge in [0.1, 0.15) is 56.1 Å². The van der Waals surface area contributed by atoms with Crippen molar-refractivity contribution < 1.29 is 66.4 Å². The molecule has 0 amide bonds. The van der Waals surface area contributed by atoms with Crippen LogP contribution in [0.25, 0.3) is 0 Å². The summed E-state index contributed by atoms with van der Waals surface area (Å²) in [6, 6.07) is 67.7. The Bertz CT molecular complexity index is 2780. The molecule has 79 heavy (non-hydrogen) atoms. The normalized spacial score (nSPS) is 23.9. The summed E-state index contributed by atoms with van der Waals surface area (Å²) in [5, 5.41) is 0. The van der Waals surface area contributed by atoms with E-state index in [9.17, 15) is 4.79 Å². The number of ether oxygens (including phenoxy) is 13. The summed E-state index contributed by atoms with van der Waals surface area (Å²) in [6.07, 6.45) is -8.68. The lowest BCUT2D eigenvalue weighted by atomic mass is 9.91. The second-order valence-corrected chi connectivity index (χ2v) is 19.3. The van der Waals surface area contributed by atoms with Crippen molar-refractivity contribution >= 4 is 5.97 Å². The fourth-order valence-electron chi connectivity index (χ4n) is 9.69. The third-order valence-corrected chi connectivity index (χ3v) is 13.7. The number of benzene rings is 7. The van der Waals surface area contributed by atoms with Gasteiger partial charge in [-0.15, -0.1) is 0 Å². The van der Waals surface area contributed by atoms with Gasteiger partial charge in [0.2, 0.25) is 5.79 Å². The van der Waals surface area contributed by atoms with Crippen LogP contribution in [0.15, 0.2) is 212 Å². The van der Waals surface area contributed by atoms with Gasteiger partial charge in [-0.2, -0.15) is 0 Å². The molecule has 0 N–H and O–H groups in total. The molecule has 2 aliphatic heterocycles. The van der Waals surface area contributed by atoms with Crippen molar-refractivity contribution in [1.29, 1.82) is 0 Å². The van der Waals surface area contributed by atoms with Crippen molar-refractivity contribution in [3.8, 4) is 0 Å². The van der Waals surface area contributed by atoms with Crippen molar-refractivity contribution in [1.82, 2.24) is 0 Å². The molecular formula is C65H70O14. The fourth-order valence-corrected chi connectivity index (χ4v) is 9.69. The van der Waals surface area contributed by atoms with Crippen LogP contribution in [0.1, 0.15) is 43.7 Å². The predicted molar refractivity (Wildman–Crippen MR) is 294 cm³/mol. The summed E-state index contributed by atoms with van der Waals surface area (Å²) in [5.74, 6) is -2.64. The summed E-state index contributed by atoms with van der Waals surface area (Å²) in [4.78, 5) is 14.7. The minimum absolute atomic E-state index is 0.00138. The molecule has 7 aromatic rings. The monoisotopic (exact) mass is 1070 g/mol. The van der Waals surface area contributed by atoms with Crippen LogP contribution >= 0.6 is 0 Å². The van der Waals surface area contributed by atoms with Gasteiger partial charge in [0.05, 0.1) is 58.4 Å². The van der Waals surface area contributed by atoms with Gasteiger partial charge >= 0.3 is 5.97 Å². The maximum absolute atomic E-state index is 14.7. The number of carbonyl (C=O) groups is 1. The first-order valence-electron chi connectivity index (χ1n) is 26.7. The predicted octanol–water partition coefficient (Wildman–Crippen LogP) is 10.5. The maximum atomic E-state index is 14.7. The van der Waals surface area contributed by atoms with Gasteiger partial charge in [0.15, 0.2) is 12.4 Å². The molecule has 0 bridgehead atoms. The summed E-state index contributed by atoms with van der Waals surface area (Å²) in [5.41, 5.74) is 5.83. The summed E-state index contributed by atoms with van der Waals surface area (Å²) in [7, 11) is 3.08. The molecule has 2 aliphatic rings. The average Bonchev–Trinajstić information content (AvgIpc) is 3.51. The molecule has 0 aliphatic carbocycles. The molecule has 6 unspecified atom stereocenters. The Morgan fingerprint density at radius 2 is 0.823 bits per heavy atom. The first kappa shape index (κ1) is 57.2. The fraction of sp³-hybridized carbons (Fsp3) is 0.338. The number of methoxy groups -OCH3 is 2. The quantitative estimate of drug-likeness (QED) is 0.0250. The Labute approximate surface area is 463 Å². The molecule has 2 saturated heterocycles. The van der Waals surface area contributed by atoms with E-state index in [1.807, 2.05) is 188 Å². The largest absolute Gasteiger partial charge is 0.450 e. The second kappa shape index (κ2) is 30.2. The molecule has 0 saturated carbocycles. The number of esters is 1. The van der Waals surface area contributed by atoms with Gasteiger partial charge < -0.3 is 61.6 Å². The SMILES string of the molecule is COCOC[C@@]1(OCC2O[C@H](OC)C(OCc3ccccc3)C(OCc3ccccc3)[C@@H]2OCc2ccccc2)OC(COCc2ccccc2)[C@H](OCc2ccccc2)C(OCc2ccccc2)C1OC(=O)c1ccccc1. The topological polar surface area (TPSA) is 137 Å². The van der Waals surface area contributed by atoms with Crippen LogP contribution in [-0.4, -0.2) is 108 Å². The van der Waals surface area contributed by atoms with Gasteiger partial charge in [-0.05, 0) is 45.5 Å². The highest BCUT2D eigenvalue weighted by Crippen LogP contribution is 2.40. The van der Waals surface area contributed by atoms with E-state index in [0.717, 1.165) is 33.4 Å². The standard InChI is InChI=1S/C65H70O14/c1-67-47-70-46-65(76-45-55-57(71-39-49-26-12-4-13-27-49)59(73-41-51-30-16-6-17-31-51)61(64(68-2)77-55)75-43-53-34-20-8-21-35-53)62(78-63(66)54-36-22-9-23-37-54)60(74-42-52-32-18-7-19-33-52)58(72-40-50-28-14-5-15-29-50)56(79-65)44-69-38-48-24-10-3-11-25-48/h3-37,55-62,64H,38-47H2,1-2H3/t55?,56?,57-,58+,59?,60?,61?,62?,64+,65-/m1/s1. The van der Waals surface area contributed by atoms with Crippen LogP contribution in [0, 0.1) is 0 Å². The van der Waals surface area contributed by atoms with Crippen LogP contribution < -0.4 is 0 Å². The van der Waals surface area contributed by atoms with E-state index in [1.165, 1.54) is 7.11 Å². The lowest BCUT2D eigenvalue weighted by molar-refractivity contribution is -0.397. The van der Waals surface area contributed by atoms with Crippen LogP contribution in [0.5, 0.6) is 0 Å². The molecule has 9 rings (SSSR count). The molecule has 414 valence electrons. The number of rotatable bonds is 29. The Hall–Kier alpha value is -6.47. The first-order valence-corrected chi connectivity index (χ1v) is 26.7. The Morgan fingerprint density at radius 1 is 0.430 bits per heavy atom. The molecule has 0 radical (unpaired) electrons. The molecule has 2 heterocycles. The Balaban J connectivity index is 1.13. The highest BCUT2D eigenvalue weighted by molar-refractivity contribution is 5.89. The zero-order valence-corrected chi connectivity index (χ0v) is 44.7. The molecule has 2 fully saturated rings. The molecule has 14 heteroatoms. The van der Waals surface area contributed by atoms with Crippen LogP contribution in [0.2, 0.25) is 0 Å². The van der Waals surface area contributed by atoms with Crippen molar-refractivity contribution in [2.75, 3.05) is 40.8 Å². The average molecular weight is 1080 g/mol. The molecular weight excluding hydrogens is 1000 g/mol. The number of carbonyl (C=O) groups excluding carboxylic acids is 1. The van der Waals surface area contributed by atoms with Crippen molar-refractivity contribution in [3.63, 3.8) is 0 Å². The molecule has 7 aromatic carbocycles. The van der Waals surface area contributed by atoms with Crippen molar-refractivity contribution in [2.24, 2.45) is 0 Å². The van der Waals surface area contributed by atoms with Crippen LogP contribution in [-0.2, 0) is 101 Å². The molecule has 0 aromatic heterocycles. The number of hydrogen-bond donors (Lipinski definition) is 0. The zero-order chi connectivity index (χ0) is 54.3. The maximum Gasteiger partial charge on any atom is 0.338 e. The molecule has 0 spiro atoms. The minimum Gasteiger partial charge on any atom is -0.450 e. The van der Waals surface area contributed by atoms with E-state index < -0.39 is 66.9 Å². The van der Waals surface area contributed by atoms with Gasteiger partial charge in [0.25, 0.3) is 0 Å².